The van der Waals surface area contributed by atoms with Crippen molar-refractivity contribution < 1.29 is 18.1 Å². The molecular weight excluding hydrogens is 406 g/mol. The molecule has 1 unspecified atom stereocenters. The molecule has 0 spiro atoms. The van der Waals surface area contributed by atoms with Gasteiger partial charge in [0, 0.05) is 26.3 Å². The molecule has 28 heavy (non-hydrogen) atoms. The van der Waals surface area contributed by atoms with Crippen LogP contribution >= 0.6 is 11.6 Å². The van der Waals surface area contributed by atoms with Gasteiger partial charge in [-0.15, -0.1) is 0 Å². The lowest BCUT2D eigenvalue weighted by Crippen LogP contribution is -2.29. The van der Waals surface area contributed by atoms with Crippen molar-refractivity contribution in [2.45, 2.75) is 23.8 Å². The van der Waals surface area contributed by atoms with E-state index in [4.69, 9.17) is 16.3 Å². The highest BCUT2D eigenvalue weighted by Gasteiger charge is 2.26. The lowest BCUT2D eigenvalue weighted by molar-refractivity contribution is -0.384. The first-order valence-electron chi connectivity index (χ1n) is 8.66. The van der Waals surface area contributed by atoms with Crippen LogP contribution in [0.2, 0.25) is 5.02 Å². The highest BCUT2D eigenvalue weighted by Crippen LogP contribution is 2.32. The SMILES string of the molecule is CN(CC1CCCO1)c1ccc(S(=O)(=O)Nc2ccccc2Cl)cc1[N+](=O)[O-]. The number of ether oxygens (including phenoxy) is 1. The van der Waals surface area contributed by atoms with Crippen LogP contribution in [0.15, 0.2) is 47.4 Å². The van der Waals surface area contributed by atoms with Crippen molar-refractivity contribution in [3.8, 4) is 0 Å². The summed E-state index contributed by atoms with van der Waals surface area (Å²) in [5.74, 6) is 0. The van der Waals surface area contributed by atoms with E-state index >= 15 is 0 Å². The lowest BCUT2D eigenvalue weighted by Gasteiger charge is -2.22. The second-order valence-electron chi connectivity index (χ2n) is 6.51. The van der Waals surface area contributed by atoms with E-state index in [0.29, 0.717) is 18.8 Å². The number of benzene rings is 2. The van der Waals surface area contributed by atoms with Gasteiger partial charge in [0.1, 0.15) is 5.69 Å². The number of nitro groups is 1. The van der Waals surface area contributed by atoms with Crippen LogP contribution in [-0.2, 0) is 14.8 Å². The van der Waals surface area contributed by atoms with Gasteiger partial charge in [-0.25, -0.2) is 8.42 Å². The normalized spacial score (nSPS) is 16.7. The minimum atomic E-state index is -4.04. The zero-order valence-corrected chi connectivity index (χ0v) is 16.7. The Labute approximate surface area is 168 Å². The largest absolute Gasteiger partial charge is 0.376 e. The molecule has 0 amide bonds. The Hall–Kier alpha value is -2.36. The Bertz CT molecular complexity index is 977. The summed E-state index contributed by atoms with van der Waals surface area (Å²) in [6, 6.07) is 10.2. The maximum absolute atomic E-state index is 12.7. The van der Waals surface area contributed by atoms with Gasteiger partial charge >= 0.3 is 0 Å². The maximum atomic E-state index is 12.7. The van der Waals surface area contributed by atoms with E-state index in [0.717, 1.165) is 18.9 Å². The average Bonchev–Trinajstić information content (AvgIpc) is 3.16. The number of anilines is 2. The predicted octanol–water partition coefficient (Wildman–Crippen LogP) is 3.66. The second kappa shape index (κ2) is 8.34. The fraction of sp³-hybridized carbons (Fsp3) is 0.333. The minimum Gasteiger partial charge on any atom is -0.376 e. The Morgan fingerprint density at radius 2 is 2.07 bits per heavy atom. The van der Waals surface area contributed by atoms with Crippen molar-refractivity contribution in [3.63, 3.8) is 0 Å². The summed E-state index contributed by atoms with van der Waals surface area (Å²) in [6.07, 6.45) is 1.87. The summed E-state index contributed by atoms with van der Waals surface area (Å²) in [5.41, 5.74) is 0.242. The Balaban J connectivity index is 1.89. The Morgan fingerprint density at radius 1 is 1.32 bits per heavy atom. The number of nitrogens with one attached hydrogen (secondary N) is 1. The summed E-state index contributed by atoms with van der Waals surface area (Å²) < 4.78 is 33.3. The van der Waals surface area contributed by atoms with E-state index in [1.54, 1.807) is 30.1 Å². The molecule has 1 aliphatic rings. The Morgan fingerprint density at radius 3 is 2.71 bits per heavy atom. The van der Waals surface area contributed by atoms with E-state index in [1.807, 2.05) is 0 Å². The highest BCUT2D eigenvalue weighted by atomic mass is 35.5. The van der Waals surface area contributed by atoms with Crippen LogP contribution in [0.1, 0.15) is 12.8 Å². The van der Waals surface area contributed by atoms with Gasteiger partial charge in [0.15, 0.2) is 0 Å². The summed E-state index contributed by atoms with van der Waals surface area (Å²) in [6.45, 7) is 1.18. The number of halogens is 1. The van der Waals surface area contributed by atoms with E-state index in [1.165, 1.54) is 18.2 Å². The number of hydrogen-bond acceptors (Lipinski definition) is 6. The van der Waals surface area contributed by atoms with Crippen molar-refractivity contribution in [1.29, 1.82) is 0 Å². The first-order valence-corrected chi connectivity index (χ1v) is 10.5. The number of rotatable bonds is 7. The van der Waals surface area contributed by atoms with Crippen LogP contribution in [0.3, 0.4) is 0 Å². The molecule has 2 aromatic rings. The van der Waals surface area contributed by atoms with Crippen molar-refractivity contribution in [1.82, 2.24) is 0 Å². The molecule has 10 heteroatoms. The van der Waals surface area contributed by atoms with Gasteiger partial charge in [0.2, 0.25) is 0 Å². The van der Waals surface area contributed by atoms with E-state index in [9.17, 15) is 18.5 Å². The van der Waals surface area contributed by atoms with E-state index in [-0.39, 0.29) is 27.4 Å². The molecule has 1 saturated heterocycles. The van der Waals surface area contributed by atoms with Crippen LogP contribution < -0.4 is 9.62 Å². The van der Waals surface area contributed by atoms with Crippen LogP contribution in [0.4, 0.5) is 17.1 Å². The third kappa shape index (κ3) is 4.54. The second-order valence-corrected chi connectivity index (χ2v) is 8.60. The molecular formula is C18H20ClN3O5S. The number of nitro benzene ring substituents is 1. The zero-order valence-electron chi connectivity index (χ0n) is 15.2. The standard InChI is InChI=1S/C18H20ClN3O5S/c1-21(12-13-5-4-10-27-13)17-9-8-14(11-18(17)22(23)24)28(25,26)20-16-7-3-2-6-15(16)19/h2-3,6-9,11,13,20H,4-5,10,12H2,1H3. The highest BCUT2D eigenvalue weighted by molar-refractivity contribution is 7.92. The van der Waals surface area contributed by atoms with Gasteiger partial charge in [-0.1, -0.05) is 23.7 Å². The molecule has 0 radical (unpaired) electrons. The number of nitrogens with zero attached hydrogens (tertiary/aromatic N) is 2. The molecule has 0 aromatic heterocycles. The lowest BCUT2D eigenvalue weighted by atomic mass is 10.2. The molecule has 3 rings (SSSR count). The van der Waals surface area contributed by atoms with Gasteiger partial charge in [0.05, 0.1) is 26.6 Å². The molecule has 2 aromatic carbocycles. The molecule has 1 atom stereocenters. The fourth-order valence-electron chi connectivity index (χ4n) is 3.08. The van der Waals surface area contributed by atoms with Crippen LogP contribution in [0, 0.1) is 10.1 Å². The molecule has 8 nitrogen and oxygen atoms in total. The predicted molar refractivity (Wildman–Crippen MR) is 108 cm³/mol. The van der Waals surface area contributed by atoms with Crippen molar-refractivity contribution in [2.24, 2.45) is 0 Å². The molecule has 150 valence electrons. The molecule has 1 fully saturated rings. The number of hydrogen-bond donors (Lipinski definition) is 1. The van der Waals surface area contributed by atoms with Crippen molar-refractivity contribution in [3.05, 3.63) is 57.6 Å². The smallest absolute Gasteiger partial charge is 0.293 e. The first kappa shape index (κ1) is 20.4. The minimum absolute atomic E-state index is 0.00917. The molecule has 0 bridgehead atoms. The van der Waals surface area contributed by atoms with Crippen LogP contribution in [-0.4, -0.2) is 39.6 Å². The molecule has 0 saturated carbocycles. The van der Waals surface area contributed by atoms with Crippen LogP contribution in [0.5, 0.6) is 0 Å². The number of sulfonamides is 1. The Kier molecular flexibility index (Phi) is 6.07. The molecule has 1 aliphatic heterocycles. The maximum Gasteiger partial charge on any atom is 0.293 e. The van der Waals surface area contributed by atoms with E-state index in [2.05, 4.69) is 4.72 Å². The molecule has 0 aliphatic carbocycles. The van der Waals surface area contributed by atoms with E-state index < -0.39 is 14.9 Å². The number of likely N-dealkylation sites (N-methyl/N-ethyl adjacent to an activating group) is 1. The summed E-state index contributed by atoms with van der Waals surface area (Å²) in [5, 5.41) is 11.8. The van der Waals surface area contributed by atoms with Gasteiger partial charge in [-0.3, -0.25) is 14.8 Å². The monoisotopic (exact) mass is 425 g/mol. The van der Waals surface area contributed by atoms with Crippen molar-refractivity contribution in [2.75, 3.05) is 29.8 Å². The van der Waals surface area contributed by atoms with Gasteiger partial charge in [-0.05, 0) is 37.1 Å². The third-order valence-corrected chi connectivity index (χ3v) is 6.18. The molecule has 1 N–H and O–H groups in total. The fourth-order valence-corrected chi connectivity index (χ4v) is 4.42. The summed E-state index contributed by atoms with van der Waals surface area (Å²) >= 11 is 5.99. The first-order chi connectivity index (χ1) is 13.3. The van der Waals surface area contributed by atoms with Gasteiger partial charge in [0.25, 0.3) is 15.7 Å². The third-order valence-electron chi connectivity index (χ3n) is 4.48. The van der Waals surface area contributed by atoms with Crippen LogP contribution in [0.25, 0.3) is 0 Å². The van der Waals surface area contributed by atoms with Gasteiger partial charge < -0.3 is 9.64 Å². The average molecular weight is 426 g/mol. The quantitative estimate of drug-likeness (QED) is 0.536. The number of para-hydroxylation sites is 1. The zero-order chi connectivity index (χ0) is 20.3. The topological polar surface area (TPSA) is 102 Å². The van der Waals surface area contributed by atoms with Crippen molar-refractivity contribution >= 4 is 38.7 Å². The molecule has 1 heterocycles. The summed E-state index contributed by atoms with van der Waals surface area (Å²) in [4.78, 5) is 12.5. The summed E-state index contributed by atoms with van der Waals surface area (Å²) in [7, 11) is -2.32. The van der Waals surface area contributed by atoms with Gasteiger partial charge in [-0.2, -0.15) is 0 Å².